The molecule has 0 spiro atoms. The smallest absolute Gasteiger partial charge is 0.255 e. The summed E-state index contributed by atoms with van der Waals surface area (Å²) in [6.07, 6.45) is 5.76. The van der Waals surface area contributed by atoms with Crippen molar-refractivity contribution in [2.45, 2.75) is 56.9 Å². The van der Waals surface area contributed by atoms with Crippen LogP contribution in [0.15, 0.2) is 29.2 Å². The van der Waals surface area contributed by atoms with Gasteiger partial charge in [-0.1, -0.05) is 26.0 Å². The van der Waals surface area contributed by atoms with E-state index in [-0.39, 0.29) is 5.91 Å². The second-order valence-corrected chi connectivity index (χ2v) is 6.54. The fourth-order valence-corrected chi connectivity index (χ4v) is 3.74. The highest BCUT2D eigenvalue weighted by molar-refractivity contribution is 7.99. The molecule has 0 aromatic heterocycles. The number of carbonyl (C=O) groups is 1. The summed E-state index contributed by atoms with van der Waals surface area (Å²) in [6.45, 7) is 5.29. The van der Waals surface area contributed by atoms with Gasteiger partial charge in [-0.2, -0.15) is 0 Å². The van der Waals surface area contributed by atoms with Crippen molar-refractivity contribution in [3.8, 4) is 0 Å². The molecule has 0 bridgehead atoms. The van der Waals surface area contributed by atoms with Gasteiger partial charge in [0.15, 0.2) is 0 Å². The van der Waals surface area contributed by atoms with Crippen LogP contribution < -0.4 is 0 Å². The van der Waals surface area contributed by atoms with Crippen LogP contribution in [0.2, 0.25) is 0 Å². The molecule has 0 saturated carbocycles. The van der Waals surface area contributed by atoms with E-state index in [9.17, 15) is 4.79 Å². The van der Waals surface area contributed by atoms with E-state index in [1.54, 1.807) is 11.8 Å². The van der Waals surface area contributed by atoms with E-state index in [4.69, 9.17) is 0 Å². The minimum Gasteiger partial charge on any atom is -0.336 e. The summed E-state index contributed by atoms with van der Waals surface area (Å²) in [5.41, 5.74) is 0.895. The lowest BCUT2D eigenvalue weighted by atomic mass is 9.99. The number of hydrogen-bond donors (Lipinski definition) is 0. The largest absolute Gasteiger partial charge is 0.336 e. The fourth-order valence-electron chi connectivity index (χ4n) is 2.83. The Balaban J connectivity index is 2.19. The molecule has 1 saturated heterocycles. The van der Waals surface area contributed by atoms with Gasteiger partial charge in [-0.05, 0) is 50.0 Å². The van der Waals surface area contributed by atoms with Crippen molar-refractivity contribution in [2.24, 2.45) is 0 Å². The van der Waals surface area contributed by atoms with Gasteiger partial charge in [-0.25, -0.2) is 0 Å². The van der Waals surface area contributed by atoms with Crippen molar-refractivity contribution < 1.29 is 4.79 Å². The summed E-state index contributed by atoms with van der Waals surface area (Å²) in [7, 11) is 0. The van der Waals surface area contributed by atoms with E-state index >= 15 is 0 Å². The Morgan fingerprint density at radius 3 is 2.85 bits per heavy atom. The van der Waals surface area contributed by atoms with Crippen molar-refractivity contribution in [2.75, 3.05) is 12.3 Å². The van der Waals surface area contributed by atoms with Crippen LogP contribution in [0.5, 0.6) is 0 Å². The maximum Gasteiger partial charge on any atom is 0.255 e. The summed E-state index contributed by atoms with van der Waals surface area (Å²) in [6, 6.07) is 8.51. The monoisotopic (exact) mass is 291 g/mol. The molecule has 20 heavy (non-hydrogen) atoms. The number of benzene rings is 1. The highest BCUT2D eigenvalue weighted by atomic mass is 32.2. The van der Waals surface area contributed by atoms with E-state index in [1.165, 1.54) is 6.42 Å². The summed E-state index contributed by atoms with van der Waals surface area (Å²) < 4.78 is 0. The molecule has 2 nitrogen and oxygen atoms in total. The fraction of sp³-hybridized carbons (Fsp3) is 0.588. The van der Waals surface area contributed by atoms with Crippen LogP contribution in [0.4, 0.5) is 0 Å². The van der Waals surface area contributed by atoms with Gasteiger partial charge in [0, 0.05) is 17.5 Å². The number of carbonyl (C=O) groups excluding carboxylic acids is 1. The second kappa shape index (κ2) is 7.72. The van der Waals surface area contributed by atoms with E-state index in [0.29, 0.717) is 6.04 Å². The van der Waals surface area contributed by atoms with Crippen LogP contribution >= 0.6 is 11.8 Å². The zero-order chi connectivity index (χ0) is 14.4. The molecular formula is C17H25NOS. The third kappa shape index (κ3) is 3.57. The molecule has 1 aromatic rings. The van der Waals surface area contributed by atoms with Crippen molar-refractivity contribution in [1.29, 1.82) is 0 Å². The van der Waals surface area contributed by atoms with E-state index < -0.39 is 0 Å². The van der Waals surface area contributed by atoms with Crippen molar-refractivity contribution >= 4 is 17.7 Å². The first kappa shape index (κ1) is 15.4. The molecule has 1 aromatic carbocycles. The Morgan fingerprint density at radius 2 is 2.10 bits per heavy atom. The molecule has 1 aliphatic rings. The zero-order valence-corrected chi connectivity index (χ0v) is 13.4. The lowest BCUT2D eigenvalue weighted by molar-refractivity contribution is 0.0604. The molecule has 0 unspecified atom stereocenters. The molecule has 3 heteroatoms. The molecule has 1 fully saturated rings. The summed E-state index contributed by atoms with van der Waals surface area (Å²) in [4.78, 5) is 16.1. The second-order valence-electron chi connectivity index (χ2n) is 5.40. The Hall–Kier alpha value is -0.960. The minimum absolute atomic E-state index is 0.232. The van der Waals surface area contributed by atoms with Gasteiger partial charge in [0.25, 0.3) is 5.91 Å². The summed E-state index contributed by atoms with van der Waals surface area (Å²) in [5, 5.41) is 0. The molecule has 2 rings (SSSR count). The van der Waals surface area contributed by atoms with Gasteiger partial charge in [0.05, 0.1) is 5.56 Å². The zero-order valence-electron chi connectivity index (χ0n) is 12.6. The van der Waals surface area contributed by atoms with Crippen molar-refractivity contribution in [3.63, 3.8) is 0 Å². The SMILES string of the molecule is CCCSc1ccccc1C(=O)N1CCCC[C@@H]1CC. The predicted molar refractivity (Wildman–Crippen MR) is 86.4 cm³/mol. The Kier molecular flexibility index (Phi) is 5.96. The third-order valence-electron chi connectivity index (χ3n) is 3.94. The number of hydrogen-bond acceptors (Lipinski definition) is 2. The maximum absolute atomic E-state index is 12.9. The molecule has 1 heterocycles. The molecular weight excluding hydrogens is 266 g/mol. The number of amides is 1. The first-order valence-corrected chi connectivity index (χ1v) is 8.79. The molecule has 1 atom stereocenters. The number of likely N-dealkylation sites (tertiary alicyclic amines) is 1. The van der Waals surface area contributed by atoms with Gasteiger partial charge in [0.1, 0.15) is 0 Å². The van der Waals surface area contributed by atoms with Crippen LogP contribution in [0.1, 0.15) is 56.3 Å². The van der Waals surface area contributed by atoms with Crippen LogP contribution in [0.3, 0.4) is 0 Å². The van der Waals surface area contributed by atoms with E-state index in [2.05, 4.69) is 24.8 Å². The standard InChI is InChI=1S/C17H25NOS/c1-3-13-20-16-11-6-5-10-15(16)17(19)18-12-8-7-9-14(18)4-2/h5-6,10-11,14H,3-4,7-9,12-13H2,1-2H3/t14-/m0/s1. The van der Waals surface area contributed by atoms with Crippen molar-refractivity contribution in [3.05, 3.63) is 29.8 Å². The highest BCUT2D eigenvalue weighted by Gasteiger charge is 2.27. The maximum atomic E-state index is 12.9. The van der Waals surface area contributed by atoms with Crippen LogP contribution in [0, 0.1) is 0 Å². The van der Waals surface area contributed by atoms with Gasteiger partial charge in [-0.15, -0.1) is 11.8 Å². The summed E-state index contributed by atoms with van der Waals surface area (Å²) >= 11 is 1.80. The number of nitrogens with zero attached hydrogens (tertiary/aromatic N) is 1. The van der Waals surface area contributed by atoms with Gasteiger partial charge in [-0.3, -0.25) is 4.79 Å². The first-order valence-electron chi connectivity index (χ1n) is 7.80. The minimum atomic E-state index is 0.232. The third-order valence-corrected chi connectivity index (χ3v) is 5.22. The molecule has 1 amide bonds. The average molecular weight is 291 g/mol. The number of rotatable bonds is 5. The quantitative estimate of drug-likeness (QED) is 0.739. The first-order chi connectivity index (χ1) is 9.77. The van der Waals surface area contributed by atoms with E-state index in [1.807, 2.05) is 18.2 Å². The Morgan fingerprint density at radius 1 is 1.30 bits per heavy atom. The highest BCUT2D eigenvalue weighted by Crippen LogP contribution is 2.27. The van der Waals surface area contributed by atoms with Crippen molar-refractivity contribution in [1.82, 2.24) is 4.90 Å². The van der Waals surface area contributed by atoms with Crippen LogP contribution in [0.25, 0.3) is 0 Å². The van der Waals surface area contributed by atoms with E-state index in [0.717, 1.165) is 48.4 Å². The topological polar surface area (TPSA) is 20.3 Å². The lowest BCUT2D eigenvalue weighted by Gasteiger charge is -2.35. The Labute approximate surface area is 126 Å². The molecule has 0 radical (unpaired) electrons. The molecule has 0 aliphatic carbocycles. The predicted octanol–water partition coefficient (Wildman–Crippen LogP) is 4.59. The normalized spacial score (nSPS) is 19.1. The Bertz CT molecular complexity index is 446. The lowest BCUT2D eigenvalue weighted by Crippen LogP contribution is -2.43. The van der Waals surface area contributed by atoms with Crippen LogP contribution in [-0.2, 0) is 0 Å². The molecule has 0 N–H and O–H groups in total. The molecule has 1 aliphatic heterocycles. The van der Waals surface area contributed by atoms with Gasteiger partial charge < -0.3 is 4.90 Å². The van der Waals surface area contributed by atoms with Gasteiger partial charge in [0.2, 0.25) is 0 Å². The molecule has 110 valence electrons. The average Bonchev–Trinajstić information content (AvgIpc) is 2.52. The number of piperidine rings is 1. The summed E-state index contributed by atoms with van der Waals surface area (Å²) in [5.74, 6) is 1.30. The number of thioether (sulfide) groups is 1. The van der Waals surface area contributed by atoms with Crippen LogP contribution in [-0.4, -0.2) is 29.1 Å². The van der Waals surface area contributed by atoms with Gasteiger partial charge >= 0.3 is 0 Å².